The van der Waals surface area contributed by atoms with Gasteiger partial charge in [-0.05, 0) is 24.6 Å². The van der Waals surface area contributed by atoms with Crippen molar-refractivity contribution in [1.29, 1.82) is 0 Å². The molecule has 1 rings (SSSR count). The Morgan fingerprint density at radius 3 is 2.69 bits per heavy atom. The van der Waals surface area contributed by atoms with Crippen LogP contribution in [0.15, 0.2) is 42.5 Å². The van der Waals surface area contributed by atoms with Crippen LogP contribution in [0, 0.1) is 0 Å². The maximum Gasteiger partial charge on any atom is 0.335 e. The molecule has 1 N–H and O–H groups in total. The van der Waals surface area contributed by atoms with Crippen LogP contribution in [0.4, 0.5) is 0 Å². The molecule has 4 heteroatoms. The predicted octanol–water partition coefficient (Wildman–Crippen LogP) is 2.42. The third kappa shape index (κ3) is 4.25. The number of carbonyl (C=O) groups is 1. The lowest BCUT2D eigenvalue weighted by atomic mass is 10.2. The Hall–Kier alpha value is -1.65. The number of carbonyl (C=O) groups excluding carboxylic acids is 1. The maximum atomic E-state index is 11.3. The molecule has 0 spiro atoms. The molecule has 4 nitrogen and oxygen atoms in total. The molecule has 0 saturated heterocycles. The van der Waals surface area contributed by atoms with E-state index in [1.165, 1.54) is 12.2 Å². The number of esters is 1. The fourth-order valence-corrected chi connectivity index (χ4v) is 1.07. The normalized spacial score (nSPS) is 12.6. The maximum absolute atomic E-state index is 11.3. The largest absolute Gasteiger partial charge is 0.423 e. The lowest BCUT2D eigenvalue weighted by Crippen LogP contribution is -2.08. The van der Waals surface area contributed by atoms with Gasteiger partial charge in [0, 0.05) is 6.08 Å². The Morgan fingerprint density at radius 2 is 2.12 bits per heavy atom. The van der Waals surface area contributed by atoms with E-state index in [4.69, 9.17) is 9.99 Å². The number of hydrogen-bond acceptors (Lipinski definition) is 4. The zero-order chi connectivity index (χ0) is 11.8. The van der Waals surface area contributed by atoms with Crippen LogP contribution in [0.5, 0.6) is 5.75 Å². The monoisotopic (exact) mass is 222 g/mol. The van der Waals surface area contributed by atoms with Crippen molar-refractivity contribution in [2.45, 2.75) is 19.4 Å². The molecule has 0 saturated carbocycles. The van der Waals surface area contributed by atoms with Gasteiger partial charge in [-0.15, -0.1) is 0 Å². The van der Waals surface area contributed by atoms with E-state index in [9.17, 15) is 4.79 Å². The van der Waals surface area contributed by atoms with Crippen molar-refractivity contribution in [2.24, 2.45) is 0 Å². The smallest absolute Gasteiger partial charge is 0.335 e. The average molecular weight is 222 g/mol. The van der Waals surface area contributed by atoms with Crippen LogP contribution in [0.1, 0.15) is 13.3 Å². The summed E-state index contributed by atoms with van der Waals surface area (Å²) in [6.45, 7) is 1.83. The summed E-state index contributed by atoms with van der Waals surface area (Å²) < 4.78 is 4.99. The average Bonchev–Trinajstić information content (AvgIpc) is 2.31. The van der Waals surface area contributed by atoms with Crippen LogP contribution in [0.2, 0.25) is 0 Å². The van der Waals surface area contributed by atoms with Crippen molar-refractivity contribution >= 4 is 5.97 Å². The first kappa shape index (κ1) is 12.4. The second-order valence-corrected chi connectivity index (χ2v) is 3.15. The van der Waals surface area contributed by atoms with Crippen LogP contribution in [0.3, 0.4) is 0 Å². The third-order valence-corrected chi connectivity index (χ3v) is 1.95. The Labute approximate surface area is 94.0 Å². The van der Waals surface area contributed by atoms with Gasteiger partial charge in [0.05, 0.1) is 0 Å². The summed E-state index contributed by atoms with van der Waals surface area (Å²) in [6, 6.07) is 8.76. The molecule has 0 radical (unpaired) electrons. The van der Waals surface area contributed by atoms with Gasteiger partial charge in [0.15, 0.2) is 0 Å². The van der Waals surface area contributed by atoms with Gasteiger partial charge in [-0.2, -0.15) is 0 Å². The minimum atomic E-state index is -0.498. The van der Waals surface area contributed by atoms with Crippen LogP contribution >= 0.6 is 0 Å². The molecule has 1 unspecified atom stereocenters. The highest BCUT2D eigenvalue weighted by Crippen LogP contribution is 2.08. The van der Waals surface area contributed by atoms with Gasteiger partial charge in [0.25, 0.3) is 0 Å². The standard InChI is InChI=1S/C12H14O4/c1-2-10(16-14)8-9-12(13)15-11-6-4-3-5-7-11/h3-10,14H,2H2,1H3/b9-8+. The second-order valence-electron chi connectivity index (χ2n) is 3.15. The third-order valence-electron chi connectivity index (χ3n) is 1.95. The highest BCUT2D eigenvalue weighted by molar-refractivity contribution is 5.84. The van der Waals surface area contributed by atoms with Crippen LogP contribution in [-0.4, -0.2) is 17.3 Å². The lowest BCUT2D eigenvalue weighted by molar-refractivity contribution is -0.266. The summed E-state index contributed by atoms with van der Waals surface area (Å²) >= 11 is 0. The Morgan fingerprint density at radius 1 is 1.44 bits per heavy atom. The second kappa shape index (κ2) is 6.76. The van der Waals surface area contributed by atoms with E-state index in [1.54, 1.807) is 24.3 Å². The first-order chi connectivity index (χ1) is 7.76. The summed E-state index contributed by atoms with van der Waals surface area (Å²) in [5, 5.41) is 8.43. The van der Waals surface area contributed by atoms with Crippen molar-refractivity contribution in [3.05, 3.63) is 42.5 Å². The summed E-state index contributed by atoms with van der Waals surface area (Å²) in [5.41, 5.74) is 0. The van der Waals surface area contributed by atoms with E-state index in [0.29, 0.717) is 12.2 Å². The minimum absolute atomic E-state index is 0.482. The molecule has 0 bridgehead atoms. The number of rotatable bonds is 5. The van der Waals surface area contributed by atoms with Crippen molar-refractivity contribution in [2.75, 3.05) is 0 Å². The van der Waals surface area contributed by atoms with Gasteiger partial charge < -0.3 is 4.74 Å². The first-order valence-electron chi connectivity index (χ1n) is 5.01. The van der Waals surface area contributed by atoms with Gasteiger partial charge in [-0.25, -0.2) is 9.68 Å². The zero-order valence-corrected chi connectivity index (χ0v) is 9.00. The van der Waals surface area contributed by atoms with Crippen molar-refractivity contribution in [3.8, 4) is 5.75 Å². The van der Waals surface area contributed by atoms with Crippen molar-refractivity contribution in [3.63, 3.8) is 0 Å². The van der Waals surface area contributed by atoms with Crippen LogP contribution in [-0.2, 0) is 9.68 Å². The highest BCUT2D eigenvalue weighted by atomic mass is 17.1. The summed E-state index contributed by atoms with van der Waals surface area (Å²) in [5.74, 6) is -0.0168. The Bertz CT molecular complexity index is 341. The van der Waals surface area contributed by atoms with E-state index < -0.39 is 12.1 Å². The molecule has 1 atom stereocenters. The number of hydrogen-bond donors (Lipinski definition) is 1. The molecular formula is C12H14O4. The van der Waals surface area contributed by atoms with Crippen molar-refractivity contribution in [1.82, 2.24) is 0 Å². The molecule has 16 heavy (non-hydrogen) atoms. The molecule has 1 aromatic rings. The SMILES string of the molecule is CCC(/C=C/C(=O)Oc1ccccc1)OO. The van der Waals surface area contributed by atoms with Gasteiger partial charge in [0.2, 0.25) is 0 Å². The predicted molar refractivity (Wildman–Crippen MR) is 59.0 cm³/mol. The van der Waals surface area contributed by atoms with E-state index in [1.807, 2.05) is 13.0 Å². The number of para-hydroxylation sites is 1. The fraction of sp³-hybridized carbons (Fsp3) is 0.250. The molecule has 0 amide bonds. The molecule has 0 aliphatic carbocycles. The van der Waals surface area contributed by atoms with Crippen molar-refractivity contribution < 1.29 is 19.7 Å². The molecule has 0 aromatic heterocycles. The molecular weight excluding hydrogens is 208 g/mol. The van der Waals surface area contributed by atoms with Gasteiger partial charge in [0.1, 0.15) is 11.9 Å². The van der Waals surface area contributed by atoms with E-state index in [-0.39, 0.29) is 0 Å². The van der Waals surface area contributed by atoms with Crippen LogP contribution in [0.25, 0.3) is 0 Å². The number of ether oxygens (including phenoxy) is 1. The summed E-state index contributed by atoms with van der Waals surface area (Å²) in [7, 11) is 0. The first-order valence-corrected chi connectivity index (χ1v) is 5.01. The Kier molecular flexibility index (Phi) is 5.25. The number of benzene rings is 1. The lowest BCUT2D eigenvalue weighted by Gasteiger charge is -2.04. The molecule has 1 aromatic carbocycles. The Balaban J connectivity index is 2.48. The molecule has 86 valence electrons. The van der Waals surface area contributed by atoms with Gasteiger partial charge in [-0.1, -0.05) is 25.1 Å². The molecule has 0 fully saturated rings. The topological polar surface area (TPSA) is 55.8 Å². The highest BCUT2D eigenvalue weighted by Gasteiger charge is 2.03. The van der Waals surface area contributed by atoms with E-state index >= 15 is 0 Å². The fourth-order valence-electron chi connectivity index (χ4n) is 1.07. The quantitative estimate of drug-likeness (QED) is 0.273. The zero-order valence-electron chi connectivity index (χ0n) is 9.00. The van der Waals surface area contributed by atoms with E-state index in [2.05, 4.69) is 4.89 Å². The summed E-state index contributed by atoms with van der Waals surface area (Å²) in [6.07, 6.45) is 2.78. The minimum Gasteiger partial charge on any atom is -0.423 e. The van der Waals surface area contributed by atoms with Gasteiger partial charge in [-0.3, -0.25) is 5.26 Å². The van der Waals surface area contributed by atoms with E-state index in [0.717, 1.165) is 0 Å². The molecule has 0 aliphatic heterocycles. The molecule has 0 heterocycles. The summed E-state index contributed by atoms with van der Waals surface area (Å²) in [4.78, 5) is 15.4. The van der Waals surface area contributed by atoms with Gasteiger partial charge >= 0.3 is 5.97 Å². The van der Waals surface area contributed by atoms with Crippen LogP contribution < -0.4 is 4.74 Å². The molecule has 0 aliphatic rings.